The van der Waals surface area contributed by atoms with Crippen molar-refractivity contribution < 1.29 is 9.90 Å². The van der Waals surface area contributed by atoms with E-state index in [4.69, 9.17) is 5.11 Å². The van der Waals surface area contributed by atoms with Gasteiger partial charge in [-0.3, -0.25) is 9.48 Å². The van der Waals surface area contributed by atoms with Crippen LogP contribution in [-0.4, -0.2) is 26.1 Å². The van der Waals surface area contributed by atoms with Gasteiger partial charge in [0, 0.05) is 19.7 Å². The number of rotatable bonds is 3. The normalized spacial score (nSPS) is 11.6. The lowest BCUT2D eigenvalue weighted by Gasteiger charge is -2.16. The molecule has 5 nitrogen and oxygen atoms in total. The van der Waals surface area contributed by atoms with Gasteiger partial charge in [-0.05, 0) is 13.8 Å². The molecule has 13 heavy (non-hydrogen) atoms. The van der Waals surface area contributed by atoms with E-state index < -0.39 is 11.4 Å². The van der Waals surface area contributed by atoms with Gasteiger partial charge in [0.15, 0.2) is 0 Å². The van der Waals surface area contributed by atoms with Crippen molar-refractivity contribution in [3.8, 4) is 0 Å². The molecule has 5 heteroatoms. The van der Waals surface area contributed by atoms with Crippen molar-refractivity contribution in [3.05, 3.63) is 11.9 Å². The van der Waals surface area contributed by atoms with Gasteiger partial charge in [0.1, 0.15) is 0 Å². The number of carbonyl (C=O) groups is 1. The van der Waals surface area contributed by atoms with Crippen LogP contribution in [0.15, 0.2) is 6.20 Å². The second kappa shape index (κ2) is 3.16. The van der Waals surface area contributed by atoms with Crippen LogP contribution in [0.25, 0.3) is 0 Å². The summed E-state index contributed by atoms with van der Waals surface area (Å²) in [5.74, 6) is -0.821. The summed E-state index contributed by atoms with van der Waals surface area (Å²) in [7, 11) is 1.75. The van der Waals surface area contributed by atoms with Crippen LogP contribution in [0.4, 0.5) is 0 Å². The Morgan fingerprint density at radius 2 is 2.31 bits per heavy atom. The van der Waals surface area contributed by atoms with E-state index in [0.717, 1.165) is 0 Å². The number of hydrogen-bond acceptors (Lipinski definition) is 3. The molecule has 0 bridgehead atoms. The molecular weight excluding hydrogens is 170 g/mol. The molecule has 0 aliphatic heterocycles. The average Bonchev–Trinajstić information content (AvgIpc) is 2.34. The minimum Gasteiger partial charge on any atom is -0.481 e. The van der Waals surface area contributed by atoms with E-state index in [9.17, 15) is 4.79 Å². The topological polar surface area (TPSA) is 68.0 Å². The maximum Gasteiger partial charge on any atom is 0.309 e. The van der Waals surface area contributed by atoms with Gasteiger partial charge >= 0.3 is 5.97 Å². The zero-order chi connectivity index (χ0) is 10.1. The standard InChI is InChI=1S/C8H13N3O2/c1-8(2,7(12)13)4-6-5-11(3)10-9-6/h5H,4H2,1-3H3,(H,12,13). The number of aliphatic carboxylic acids is 1. The highest BCUT2D eigenvalue weighted by Gasteiger charge is 2.28. The third-order valence-corrected chi connectivity index (χ3v) is 1.85. The summed E-state index contributed by atoms with van der Waals surface area (Å²) < 4.78 is 1.56. The zero-order valence-electron chi connectivity index (χ0n) is 7.98. The van der Waals surface area contributed by atoms with Gasteiger partial charge < -0.3 is 5.11 Å². The molecule has 0 unspecified atom stereocenters. The fraction of sp³-hybridized carbons (Fsp3) is 0.625. The molecule has 1 rings (SSSR count). The van der Waals surface area contributed by atoms with Gasteiger partial charge in [0.05, 0.1) is 11.1 Å². The molecule has 0 radical (unpaired) electrons. The van der Waals surface area contributed by atoms with Crippen LogP contribution in [0.5, 0.6) is 0 Å². The van der Waals surface area contributed by atoms with E-state index >= 15 is 0 Å². The predicted octanol–water partition coefficient (Wildman–Crippen LogP) is 0.468. The molecule has 0 aliphatic carbocycles. The lowest BCUT2D eigenvalue weighted by molar-refractivity contribution is -0.146. The lowest BCUT2D eigenvalue weighted by atomic mass is 9.88. The van der Waals surface area contributed by atoms with Gasteiger partial charge in [-0.2, -0.15) is 0 Å². The number of aromatic nitrogens is 3. The predicted molar refractivity (Wildman–Crippen MR) is 46.1 cm³/mol. The van der Waals surface area contributed by atoms with Crippen molar-refractivity contribution in [1.29, 1.82) is 0 Å². The van der Waals surface area contributed by atoms with Crippen LogP contribution in [0.2, 0.25) is 0 Å². The Labute approximate surface area is 76.4 Å². The van der Waals surface area contributed by atoms with Crippen LogP contribution >= 0.6 is 0 Å². The Balaban J connectivity index is 2.74. The van der Waals surface area contributed by atoms with E-state index in [1.807, 2.05) is 0 Å². The molecule has 1 N–H and O–H groups in total. The van der Waals surface area contributed by atoms with Crippen LogP contribution < -0.4 is 0 Å². The first kappa shape index (κ1) is 9.70. The molecule has 0 atom stereocenters. The Kier molecular flexibility index (Phi) is 2.36. The minimum atomic E-state index is -0.821. The first-order valence-electron chi connectivity index (χ1n) is 4.00. The molecule has 0 fully saturated rings. The summed E-state index contributed by atoms with van der Waals surface area (Å²) >= 11 is 0. The van der Waals surface area contributed by atoms with Crippen molar-refractivity contribution in [1.82, 2.24) is 15.0 Å². The van der Waals surface area contributed by atoms with Crippen LogP contribution in [0.3, 0.4) is 0 Å². The first-order chi connectivity index (χ1) is 5.92. The monoisotopic (exact) mass is 183 g/mol. The molecule has 1 aromatic heterocycles. The second-order valence-corrected chi connectivity index (χ2v) is 3.75. The van der Waals surface area contributed by atoms with Crippen LogP contribution in [0, 0.1) is 5.41 Å². The molecule has 1 heterocycles. The van der Waals surface area contributed by atoms with Crippen molar-refractivity contribution in [2.24, 2.45) is 12.5 Å². The number of carboxylic acids is 1. The smallest absolute Gasteiger partial charge is 0.309 e. The molecule has 72 valence electrons. The summed E-state index contributed by atoms with van der Waals surface area (Å²) in [6.07, 6.45) is 2.13. The third-order valence-electron chi connectivity index (χ3n) is 1.85. The first-order valence-corrected chi connectivity index (χ1v) is 4.00. The second-order valence-electron chi connectivity index (χ2n) is 3.75. The number of aryl methyl sites for hydroxylation is 1. The van der Waals surface area contributed by atoms with Gasteiger partial charge in [-0.15, -0.1) is 5.10 Å². The van der Waals surface area contributed by atoms with Crippen LogP contribution in [0.1, 0.15) is 19.5 Å². The van der Waals surface area contributed by atoms with E-state index in [0.29, 0.717) is 12.1 Å². The Morgan fingerprint density at radius 1 is 1.69 bits per heavy atom. The van der Waals surface area contributed by atoms with E-state index in [-0.39, 0.29) is 0 Å². The van der Waals surface area contributed by atoms with E-state index in [2.05, 4.69) is 10.3 Å². The zero-order valence-corrected chi connectivity index (χ0v) is 7.98. The molecular formula is C8H13N3O2. The molecule has 0 aliphatic rings. The number of hydrogen-bond donors (Lipinski definition) is 1. The minimum absolute atomic E-state index is 0.399. The Morgan fingerprint density at radius 3 is 2.69 bits per heavy atom. The Bertz CT molecular complexity index is 317. The van der Waals surface area contributed by atoms with Gasteiger partial charge in [-0.1, -0.05) is 5.21 Å². The van der Waals surface area contributed by atoms with Gasteiger partial charge in [-0.25, -0.2) is 0 Å². The third kappa shape index (κ3) is 2.27. The van der Waals surface area contributed by atoms with Crippen molar-refractivity contribution >= 4 is 5.97 Å². The highest BCUT2D eigenvalue weighted by molar-refractivity contribution is 5.73. The summed E-state index contributed by atoms with van der Waals surface area (Å²) in [4.78, 5) is 10.8. The summed E-state index contributed by atoms with van der Waals surface area (Å²) in [5.41, 5.74) is -0.0781. The Hall–Kier alpha value is -1.39. The number of nitrogens with zero attached hydrogens (tertiary/aromatic N) is 3. The molecule has 1 aromatic rings. The highest BCUT2D eigenvalue weighted by Crippen LogP contribution is 2.20. The largest absolute Gasteiger partial charge is 0.481 e. The lowest BCUT2D eigenvalue weighted by Crippen LogP contribution is -2.26. The van der Waals surface area contributed by atoms with Gasteiger partial charge in [0.2, 0.25) is 0 Å². The van der Waals surface area contributed by atoms with Crippen molar-refractivity contribution in [2.45, 2.75) is 20.3 Å². The maximum atomic E-state index is 10.8. The molecule has 0 saturated heterocycles. The van der Waals surface area contributed by atoms with Crippen molar-refractivity contribution in [2.75, 3.05) is 0 Å². The quantitative estimate of drug-likeness (QED) is 0.739. The maximum absolute atomic E-state index is 10.8. The summed E-state index contributed by atoms with van der Waals surface area (Å²) in [6, 6.07) is 0. The average molecular weight is 183 g/mol. The summed E-state index contributed by atoms with van der Waals surface area (Å²) in [5, 5.41) is 16.4. The highest BCUT2D eigenvalue weighted by atomic mass is 16.4. The van der Waals surface area contributed by atoms with E-state index in [1.165, 1.54) is 0 Å². The van der Waals surface area contributed by atoms with Gasteiger partial charge in [0.25, 0.3) is 0 Å². The summed E-state index contributed by atoms with van der Waals surface area (Å²) in [6.45, 7) is 3.34. The van der Waals surface area contributed by atoms with Crippen LogP contribution in [-0.2, 0) is 18.3 Å². The molecule has 0 spiro atoms. The SMILES string of the molecule is Cn1cc(CC(C)(C)C(=O)O)nn1. The van der Waals surface area contributed by atoms with E-state index in [1.54, 1.807) is 31.8 Å². The van der Waals surface area contributed by atoms with Crippen molar-refractivity contribution in [3.63, 3.8) is 0 Å². The molecule has 0 saturated carbocycles. The molecule has 0 amide bonds. The fourth-order valence-corrected chi connectivity index (χ4v) is 1.00. The molecule has 0 aromatic carbocycles. The fourth-order valence-electron chi connectivity index (χ4n) is 1.00. The number of carboxylic acid groups (broad SMARTS) is 1.